The first-order valence-electron chi connectivity index (χ1n) is 12.5. The van der Waals surface area contributed by atoms with Crippen molar-refractivity contribution in [1.82, 2.24) is 0 Å². The number of ether oxygens (including phenoxy) is 3. The van der Waals surface area contributed by atoms with Gasteiger partial charge in [0.2, 0.25) is 0 Å². The second-order valence-corrected chi connectivity index (χ2v) is 10.7. The Balaban J connectivity index is 1.93. The zero-order valence-corrected chi connectivity index (χ0v) is 20.1. The monoisotopic (exact) mass is 451 g/mol. The third-order valence-electron chi connectivity index (χ3n) is 7.59. The Morgan fingerprint density at radius 2 is 0.875 bits per heavy atom. The van der Waals surface area contributed by atoms with Crippen molar-refractivity contribution in [3.05, 3.63) is 0 Å². The topological polar surface area (TPSA) is 105 Å². The number of hydrogen-bond acceptors (Lipinski definition) is 7. The van der Waals surface area contributed by atoms with E-state index in [2.05, 4.69) is 0 Å². The number of carbonyl (C=O) groups excluding carboxylic acids is 3. The Kier molecular flexibility index (Phi) is 7.58. The quantitative estimate of drug-likeness (QED) is 0.271. The highest BCUT2D eigenvalue weighted by atomic mass is 16.5. The molecule has 0 aliphatic heterocycles. The fourth-order valence-corrected chi connectivity index (χ4v) is 6.75. The van der Waals surface area contributed by atoms with Gasteiger partial charge in [-0.15, -0.1) is 0 Å². The van der Waals surface area contributed by atoms with Crippen LogP contribution in [0.5, 0.6) is 0 Å². The highest BCUT2D eigenvalue weighted by molar-refractivity contribution is 5.88. The van der Waals surface area contributed by atoms with Gasteiger partial charge in [-0.05, 0) is 57.8 Å². The number of nitrogens with two attached hydrogens (primary N) is 1. The molecule has 2 N–H and O–H groups in total. The highest BCUT2D eigenvalue weighted by Crippen LogP contribution is 2.71. The molecule has 0 saturated heterocycles. The molecule has 0 aromatic heterocycles. The van der Waals surface area contributed by atoms with E-state index in [1.165, 1.54) is 0 Å². The Morgan fingerprint density at radius 1 is 0.594 bits per heavy atom. The third-order valence-corrected chi connectivity index (χ3v) is 7.59. The molecule has 0 atom stereocenters. The first-order valence-corrected chi connectivity index (χ1v) is 12.5. The molecule has 32 heavy (non-hydrogen) atoms. The SMILES string of the molecule is CCCCOC(=O)C12CC3(N)CC(C(=O)OCCCC)(C1)CC(C(=O)OCCCC)(C3)C2. The van der Waals surface area contributed by atoms with Crippen LogP contribution in [0.3, 0.4) is 0 Å². The summed E-state index contributed by atoms with van der Waals surface area (Å²) in [6.45, 7) is 7.14. The van der Waals surface area contributed by atoms with Gasteiger partial charge < -0.3 is 19.9 Å². The fraction of sp³-hybridized carbons (Fsp3) is 0.880. The Labute approximate surface area is 192 Å². The summed E-state index contributed by atoms with van der Waals surface area (Å²) in [6.07, 6.45) is 7.47. The van der Waals surface area contributed by atoms with Gasteiger partial charge in [-0.25, -0.2) is 0 Å². The fourth-order valence-electron chi connectivity index (χ4n) is 6.75. The minimum Gasteiger partial charge on any atom is -0.465 e. The number of hydrogen-bond donors (Lipinski definition) is 1. The molecule has 4 saturated carbocycles. The molecular weight excluding hydrogens is 410 g/mol. The van der Waals surface area contributed by atoms with Crippen LogP contribution in [0.1, 0.15) is 97.8 Å². The van der Waals surface area contributed by atoms with E-state index >= 15 is 0 Å². The Bertz CT molecular complexity index is 618. The standard InChI is InChI=1S/C25H41NO6/c1-4-7-10-30-19(27)22-13-23(20(28)31-11-8-5-2)15-24(14-22,18-25(26,16-22)17-23)21(29)32-12-9-6-3/h4-18,26H2,1-3H3. The van der Waals surface area contributed by atoms with Crippen molar-refractivity contribution in [3.8, 4) is 0 Å². The zero-order chi connectivity index (χ0) is 23.5. The lowest BCUT2D eigenvalue weighted by Gasteiger charge is -2.66. The third kappa shape index (κ3) is 4.68. The van der Waals surface area contributed by atoms with E-state index in [4.69, 9.17) is 19.9 Å². The summed E-state index contributed by atoms with van der Waals surface area (Å²) in [5.74, 6) is -0.968. The van der Waals surface area contributed by atoms with Crippen LogP contribution in [-0.4, -0.2) is 43.3 Å². The highest BCUT2D eigenvalue weighted by Gasteiger charge is 2.74. The average Bonchev–Trinajstić information content (AvgIpc) is 2.72. The number of esters is 3. The van der Waals surface area contributed by atoms with Gasteiger partial charge in [0.15, 0.2) is 0 Å². The first kappa shape index (κ1) is 25.0. The van der Waals surface area contributed by atoms with E-state index in [-0.39, 0.29) is 17.9 Å². The Morgan fingerprint density at radius 3 is 1.12 bits per heavy atom. The second-order valence-electron chi connectivity index (χ2n) is 10.7. The van der Waals surface area contributed by atoms with Gasteiger partial charge in [0.05, 0.1) is 36.1 Å². The molecular formula is C25H41NO6. The number of carbonyl (C=O) groups is 3. The van der Waals surface area contributed by atoms with E-state index in [1.807, 2.05) is 20.8 Å². The molecule has 0 radical (unpaired) electrons. The van der Waals surface area contributed by atoms with E-state index in [1.54, 1.807) is 0 Å². The van der Waals surface area contributed by atoms with Crippen LogP contribution in [0.25, 0.3) is 0 Å². The van der Waals surface area contributed by atoms with Crippen LogP contribution in [0, 0.1) is 16.2 Å². The summed E-state index contributed by atoms with van der Waals surface area (Å²) < 4.78 is 17.0. The maximum Gasteiger partial charge on any atom is 0.312 e. The largest absolute Gasteiger partial charge is 0.465 e. The molecule has 0 spiro atoms. The number of rotatable bonds is 12. The van der Waals surface area contributed by atoms with E-state index in [0.717, 1.165) is 38.5 Å². The molecule has 7 nitrogen and oxygen atoms in total. The van der Waals surface area contributed by atoms with Crippen molar-refractivity contribution in [2.75, 3.05) is 19.8 Å². The van der Waals surface area contributed by atoms with Gasteiger partial charge in [-0.3, -0.25) is 14.4 Å². The minimum absolute atomic E-state index is 0.323. The summed E-state index contributed by atoms with van der Waals surface area (Å²) in [4.78, 5) is 40.1. The average molecular weight is 452 g/mol. The van der Waals surface area contributed by atoms with Gasteiger partial charge in [-0.2, -0.15) is 0 Å². The minimum atomic E-state index is -0.940. The smallest absolute Gasteiger partial charge is 0.312 e. The molecule has 0 amide bonds. The summed E-state index contributed by atoms with van der Waals surface area (Å²) in [6, 6.07) is 0. The number of unbranched alkanes of at least 4 members (excludes halogenated alkanes) is 3. The molecule has 0 heterocycles. The van der Waals surface area contributed by atoms with Crippen molar-refractivity contribution in [1.29, 1.82) is 0 Å². The van der Waals surface area contributed by atoms with Gasteiger partial charge >= 0.3 is 17.9 Å². The van der Waals surface area contributed by atoms with E-state index < -0.39 is 21.8 Å². The molecule has 182 valence electrons. The lowest BCUT2D eigenvalue weighted by molar-refractivity contribution is -0.219. The molecule has 4 aliphatic carbocycles. The molecule has 7 heteroatoms. The molecule has 0 aromatic carbocycles. The van der Waals surface area contributed by atoms with Crippen molar-refractivity contribution in [2.24, 2.45) is 22.0 Å². The summed E-state index contributed by atoms with van der Waals surface area (Å²) in [5.41, 5.74) is 3.23. The normalized spacial score (nSPS) is 34.9. The van der Waals surface area contributed by atoms with Crippen molar-refractivity contribution in [3.63, 3.8) is 0 Å². The lowest BCUT2D eigenvalue weighted by Crippen LogP contribution is -2.72. The van der Waals surface area contributed by atoms with Crippen molar-refractivity contribution < 1.29 is 28.6 Å². The molecule has 4 rings (SSSR count). The summed E-state index contributed by atoms with van der Waals surface area (Å²) in [7, 11) is 0. The van der Waals surface area contributed by atoms with Crippen LogP contribution in [0.15, 0.2) is 0 Å². The van der Waals surface area contributed by atoms with Gasteiger partial charge in [0.1, 0.15) is 0 Å². The van der Waals surface area contributed by atoms with Gasteiger partial charge in [-0.1, -0.05) is 40.0 Å². The molecule has 4 fully saturated rings. The molecule has 0 unspecified atom stereocenters. The van der Waals surface area contributed by atoms with Crippen LogP contribution in [0.4, 0.5) is 0 Å². The summed E-state index contributed by atoms with van der Waals surface area (Å²) >= 11 is 0. The molecule has 4 aliphatic rings. The van der Waals surface area contributed by atoms with Crippen molar-refractivity contribution >= 4 is 17.9 Å². The maximum atomic E-state index is 13.4. The maximum absolute atomic E-state index is 13.4. The van der Waals surface area contributed by atoms with Crippen LogP contribution >= 0.6 is 0 Å². The summed E-state index contributed by atoms with van der Waals surface area (Å²) in [5, 5.41) is 0. The molecule has 0 aromatic rings. The molecule has 4 bridgehead atoms. The van der Waals surface area contributed by atoms with Gasteiger partial charge in [0.25, 0.3) is 0 Å². The van der Waals surface area contributed by atoms with Crippen LogP contribution in [-0.2, 0) is 28.6 Å². The first-order chi connectivity index (χ1) is 15.2. The predicted octanol–water partition coefficient (Wildman–Crippen LogP) is 4.05. The second kappa shape index (κ2) is 9.70. The lowest BCUT2D eigenvalue weighted by atomic mass is 9.37. The van der Waals surface area contributed by atoms with Crippen LogP contribution < -0.4 is 5.73 Å². The predicted molar refractivity (Wildman–Crippen MR) is 120 cm³/mol. The Hall–Kier alpha value is -1.63. The zero-order valence-electron chi connectivity index (χ0n) is 20.1. The van der Waals surface area contributed by atoms with Gasteiger partial charge in [0, 0.05) is 5.54 Å². The van der Waals surface area contributed by atoms with Crippen LogP contribution in [0.2, 0.25) is 0 Å². The van der Waals surface area contributed by atoms with E-state index in [9.17, 15) is 14.4 Å². The van der Waals surface area contributed by atoms with Crippen molar-refractivity contribution in [2.45, 2.75) is 103 Å². The van der Waals surface area contributed by atoms with E-state index in [0.29, 0.717) is 58.3 Å².